The third kappa shape index (κ3) is 3.91. The van der Waals surface area contributed by atoms with E-state index in [1.54, 1.807) is 0 Å². The maximum Gasteiger partial charge on any atom is 0.416 e. The van der Waals surface area contributed by atoms with Gasteiger partial charge >= 0.3 is 6.18 Å². The summed E-state index contributed by atoms with van der Waals surface area (Å²) in [6, 6.07) is 11.5. The molecule has 0 bridgehead atoms. The van der Waals surface area contributed by atoms with Gasteiger partial charge in [0.25, 0.3) is 5.91 Å². The van der Waals surface area contributed by atoms with E-state index in [9.17, 15) is 18.0 Å². The van der Waals surface area contributed by atoms with Gasteiger partial charge in [0.05, 0.1) is 29.6 Å². The van der Waals surface area contributed by atoms with E-state index in [2.05, 4.69) is 15.4 Å². The zero-order chi connectivity index (χ0) is 21.3. The summed E-state index contributed by atoms with van der Waals surface area (Å²) >= 11 is 0. The van der Waals surface area contributed by atoms with E-state index in [0.717, 1.165) is 29.8 Å². The molecule has 2 heterocycles. The molecule has 3 aromatic rings. The van der Waals surface area contributed by atoms with Gasteiger partial charge in [0, 0.05) is 5.56 Å². The number of carbonyl (C=O) groups excluding carboxylic acids is 1. The molecule has 1 amide bonds. The number of carbonyl (C=O) groups is 1. The van der Waals surface area contributed by atoms with Crippen LogP contribution in [0.1, 0.15) is 27.0 Å². The number of nitrogens with one attached hydrogen (secondary N) is 1. The lowest BCUT2D eigenvalue weighted by Gasteiger charge is -2.12. The van der Waals surface area contributed by atoms with Crippen molar-refractivity contribution in [3.05, 3.63) is 77.0 Å². The Hall–Kier alpha value is -3.62. The average molecular weight is 414 g/mol. The molecule has 6 nitrogen and oxygen atoms in total. The summed E-state index contributed by atoms with van der Waals surface area (Å²) in [6.07, 6.45) is -2.93. The van der Waals surface area contributed by atoms with E-state index >= 15 is 0 Å². The Labute approximate surface area is 170 Å². The van der Waals surface area contributed by atoms with Gasteiger partial charge in [-0.05, 0) is 43.3 Å². The number of halogens is 3. The number of nitrogens with zero attached hydrogens (tertiary/aromatic N) is 3. The number of aliphatic imine (C=N–C) groups is 1. The Morgan fingerprint density at radius 2 is 1.80 bits per heavy atom. The highest BCUT2D eigenvalue weighted by atomic mass is 19.4. The van der Waals surface area contributed by atoms with Crippen molar-refractivity contribution in [3.8, 4) is 5.69 Å². The number of amides is 1. The summed E-state index contributed by atoms with van der Waals surface area (Å²) in [5, 5.41) is 7.09. The number of hydrogen-bond acceptors (Lipinski definition) is 4. The molecule has 0 atom stereocenters. The quantitative estimate of drug-likeness (QED) is 0.695. The van der Waals surface area contributed by atoms with Crippen molar-refractivity contribution in [1.82, 2.24) is 9.78 Å². The van der Waals surface area contributed by atoms with Crippen LogP contribution in [-0.2, 0) is 10.9 Å². The van der Waals surface area contributed by atoms with E-state index in [4.69, 9.17) is 4.74 Å². The summed E-state index contributed by atoms with van der Waals surface area (Å²) in [5.74, 6) is 0.109. The fourth-order valence-electron chi connectivity index (χ4n) is 3.00. The minimum atomic E-state index is -4.47. The van der Waals surface area contributed by atoms with Gasteiger partial charge in [-0.1, -0.05) is 17.7 Å². The Morgan fingerprint density at radius 3 is 2.40 bits per heavy atom. The summed E-state index contributed by atoms with van der Waals surface area (Å²) in [5.41, 5.74) is 1.52. The standard InChI is InChI=1S/C21H17F3N4O2/c1-13-2-8-16(9-3-13)28-18(17(12-26-28)20-25-10-11-30-20)27-19(29)14-4-6-15(7-5-14)21(22,23)24/h2-9,12H,10-11H2,1H3,(H,27,29). The predicted molar refractivity (Wildman–Crippen MR) is 105 cm³/mol. The monoisotopic (exact) mass is 414 g/mol. The van der Waals surface area contributed by atoms with Crippen LogP contribution in [0.4, 0.5) is 19.0 Å². The van der Waals surface area contributed by atoms with Crippen molar-refractivity contribution in [3.63, 3.8) is 0 Å². The van der Waals surface area contributed by atoms with Gasteiger partial charge in [-0.3, -0.25) is 4.79 Å². The van der Waals surface area contributed by atoms with Crippen molar-refractivity contribution in [2.45, 2.75) is 13.1 Å². The van der Waals surface area contributed by atoms with Crippen molar-refractivity contribution in [1.29, 1.82) is 0 Å². The van der Waals surface area contributed by atoms with Crippen LogP contribution in [0, 0.1) is 6.92 Å². The topological polar surface area (TPSA) is 68.5 Å². The normalized spacial score (nSPS) is 13.7. The molecule has 0 saturated carbocycles. The number of aryl methyl sites for hydroxylation is 1. The highest BCUT2D eigenvalue weighted by Crippen LogP contribution is 2.29. The maximum atomic E-state index is 12.8. The summed E-state index contributed by atoms with van der Waals surface area (Å²) in [7, 11) is 0. The van der Waals surface area contributed by atoms with Crippen molar-refractivity contribution in [2.75, 3.05) is 18.5 Å². The van der Waals surface area contributed by atoms with Gasteiger partial charge < -0.3 is 10.1 Å². The fraction of sp³-hybridized carbons (Fsp3) is 0.190. The van der Waals surface area contributed by atoms with Crippen molar-refractivity contribution >= 4 is 17.6 Å². The van der Waals surface area contributed by atoms with Gasteiger partial charge in [-0.25, -0.2) is 9.67 Å². The zero-order valence-corrected chi connectivity index (χ0v) is 15.9. The minimum Gasteiger partial charge on any atom is -0.475 e. The number of aromatic nitrogens is 2. The number of benzene rings is 2. The molecule has 2 aromatic carbocycles. The SMILES string of the molecule is Cc1ccc(-n2ncc(C3=NCCO3)c2NC(=O)c2ccc(C(F)(F)F)cc2)cc1. The number of ether oxygens (including phenoxy) is 1. The highest BCUT2D eigenvalue weighted by molar-refractivity contribution is 6.08. The molecule has 154 valence electrons. The van der Waals surface area contributed by atoms with Crippen LogP contribution in [-0.4, -0.2) is 34.7 Å². The summed E-state index contributed by atoms with van der Waals surface area (Å²) < 4.78 is 45.4. The molecule has 1 aliphatic rings. The smallest absolute Gasteiger partial charge is 0.416 e. The Bertz CT molecular complexity index is 1100. The van der Waals surface area contributed by atoms with E-state index < -0.39 is 17.6 Å². The third-order valence-corrected chi connectivity index (χ3v) is 4.57. The molecule has 0 fully saturated rings. The lowest BCUT2D eigenvalue weighted by atomic mass is 10.1. The van der Waals surface area contributed by atoms with E-state index in [-0.39, 0.29) is 5.56 Å². The molecule has 0 radical (unpaired) electrons. The van der Waals surface area contributed by atoms with Gasteiger partial charge in [0.2, 0.25) is 5.90 Å². The molecule has 0 saturated heterocycles. The summed E-state index contributed by atoms with van der Waals surface area (Å²) in [6.45, 7) is 2.88. The first-order chi connectivity index (χ1) is 14.3. The second-order valence-corrected chi connectivity index (χ2v) is 6.72. The number of anilines is 1. The second-order valence-electron chi connectivity index (χ2n) is 6.72. The van der Waals surface area contributed by atoms with Gasteiger partial charge in [0.1, 0.15) is 12.4 Å². The molecule has 0 aliphatic carbocycles. The lowest BCUT2D eigenvalue weighted by Crippen LogP contribution is -2.18. The van der Waals surface area contributed by atoms with Crippen LogP contribution in [0.2, 0.25) is 0 Å². The lowest BCUT2D eigenvalue weighted by molar-refractivity contribution is -0.137. The predicted octanol–water partition coefficient (Wildman–Crippen LogP) is 4.23. The molecular formula is C21H17F3N4O2. The third-order valence-electron chi connectivity index (χ3n) is 4.57. The number of rotatable bonds is 4. The van der Waals surface area contributed by atoms with Gasteiger partial charge in [-0.2, -0.15) is 18.3 Å². The van der Waals surface area contributed by atoms with Gasteiger partial charge in [0.15, 0.2) is 0 Å². The Balaban J connectivity index is 1.68. The molecule has 0 unspecified atom stereocenters. The first-order valence-electron chi connectivity index (χ1n) is 9.14. The van der Waals surface area contributed by atoms with Crippen LogP contribution in [0.25, 0.3) is 5.69 Å². The average Bonchev–Trinajstić information content (AvgIpc) is 3.38. The molecular weight excluding hydrogens is 397 g/mol. The number of hydrogen-bond donors (Lipinski definition) is 1. The summed E-state index contributed by atoms with van der Waals surface area (Å²) in [4.78, 5) is 17.0. The zero-order valence-electron chi connectivity index (χ0n) is 15.9. The van der Waals surface area contributed by atoms with Crippen LogP contribution in [0.5, 0.6) is 0 Å². The van der Waals surface area contributed by atoms with Crippen molar-refractivity contribution in [2.24, 2.45) is 4.99 Å². The van der Waals surface area contributed by atoms with Crippen LogP contribution < -0.4 is 5.32 Å². The Kier molecular flexibility index (Phi) is 5.03. The van der Waals surface area contributed by atoms with Gasteiger partial charge in [-0.15, -0.1) is 0 Å². The molecule has 1 N–H and O–H groups in total. The van der Waals surface area contributed by atoms with Crippen LogP contribution in [0.15, 0.2) is 59.7 Å². The maximum absolute atomic E-state index is 12.8. The molecule has 0 spiro atoms. The molecule has 1 aromatic heterocycles. The van der Waals surface area contributed by atoms with E-state index in [1.165, 1.54) is 10.9 Å². The molecule has 1 aliphatic heterocycles. The first-order valence-corrected chi connectivity index (χ1v) is 9.14. The van der Waals surface area contributed by atoms with Crippen molar-refractivity contribution < 1.29 is 22.7 Å². The minimum absolute atomic E-state index is 0.0832. The largest absolute Gasteiger partial charge is 0.475 e. The van der Waals surface area contributed by atoms with E-state index in [1.807, 2.05) is 31.2 Å². The molecule has 4 rings (SSSR count). The molecule has 9 heteroatoms. The van der Waals surface area contributed by atoms with Crippen LogP contribution in [0.3, 0.4) is 0 Å². The fourth-order valence-corrected chi connectivity index (χ4v) is 3.00. The van der Waals surface area contributed by atoms with Crippen LogP contribution >= 0.6 is 0 Å². The first kappa shape index (κ1) is 19.7. The Morgan fingerprint density at radius 1 is 1.10 bits per heavy atom. The number of alkyl halides is 3. The second kappa shape index (κ2) is 7.66. The highest BCUT2D eigenvalue weighted by Gasteiger charge is 2.30. The van der Waals surface area contributed by atoms with E-state index in [0.29, 0.717) is 36.1 Å². The molecule has 30 heavy (non-hydrogen) atoms.